The quantitative estimate of drug-likeness (QED) is 0.637. The van der Waals surface area contributed by atoms with Crippen molar-refractivity contribution >= 4 is 40.6 Å². The van der Waals surface area contributed by atoms with Crippen LogP contribution in [-0.4, -0.2) is 37.4 Å². The average Bonchev–Trinajstić information content (AvgIpc) is 2.96. The van der Waals surface area contributed by atoms with Crippen LogP contribution >= 0.6 is 23.4 Å². The smallest absolute Gasteiger partial charge is 0.293 e. The van der Waals surface area contributed by atoms with E-state index in [4.69, 9.17) is 25.8 Å². The minimum atomic E-state index is -0.348. The summed E-state index contributed by atoms with van der Waals surface area (Å²) in [6, 6.07) is 10.5. The number of ether oxygens (including phenoxy) is 3. The summed E-state index contributed by atoms with van der Waals surface area (Å²) in [5, 5.41) is 0.277. The molecule has 1 fully saturated rings. The minimum absolute atomic E-state index is 0.189. The van der Waals surface area contributed by atoms with Gasteiger partial charge in [0.05, 0.1) is 32.8 Å². The molecule has 1 saturated heterocycles. The maximum absolute atomic E-state index is 12.7. The Morgan fingerprint density at radius 2 is 1.61 bits per heavy atom. The van der Waals surface area contributed by atoms with Gasteiger partial charge in [-0.2, -0.15) is 0 Å². The van der Waals surface area contributed by atoms with Crippen LogP contribution in [0.4, 0.5) is 4.79 Å². The number of carbonyl (C=O) groups excluding carboxylic acids is 2. The first-order chi connectivity index (χ1) is 13.5. The molecule has 0 bridgehead atoms. The van der Waals surface area contributed by atoms with Gasteiger partial charge in [0.25, 0.3) is 11.1 Å². The Labute approximate surface area is 172 Å². The molecule has 6 nitrogen and oxygen atoms in total. The number of amides is 2. The number of carbonyl (C=O) groups is 2. The number of methoxy groups -OCH3 is 3. The predicted molar refractivity (Wildman–Crippen MR) is 109 cm³/mol. The van der Waals surface area contributed by atoms with E-state index in [9.17, 15) is 9.59 Å². The zero-order valence-electron chi connectivity index (χ0n) is 15.5. The largest absolute Gasteiger partial charge is 0.493 e. The summed E-state index contributed by atoms with van der Waals surface area (Å²) in [5.74, 6) is 1.04. The molecular formula is C20H18ClNO5S. The van der Waals surface area contributed by atoms with Crippen molar-refractivity contribution in [3.05, 3.63) is 57.5 Å². The Hall–Kier alpha value is -2.64. The highest BCUT2D eigenvalue weighted by Gasteiger charge is 2.35. The molecule has 0 saturated carbocycles. The average molecular weight is 420 g/mol. The van der Waals surface area contributed by atoms with Gasteiger partial charge in [-0.25, -0.2) is 0 Å². The molecule has 0 radical (unpaired) electrons. The normalized spacial score (nSPS) is 15.3. The Bertz CT molecular complexity index is 917. The second kappa shape index (κ2) is 8.58. The highest BCUT2D eigenvalue weighted by atomic mass is 35.5. The van der Waals surface area contributed by atoms with Crippen molar-refractivity contribution in [1.82, 2.24) is 4.90 Å². The Balaban J connectivity index is 1.88. The summed E-state index contributed by atoms with van der Waals surface area (Å²) >= 11 is 6.78. The van der Waals surface area contributed by atoms with Gasteiger partial charge in [-0.05, 0) is 53.2 Å². The minimum Gasteiger partial charge on any atom is -0.493 e. The first-order valence-corrected chi connectivity index (χ1v) is 9.46. The van der Waals surface area contributed by atoms with Crippen molar-refractivity contribution < 1.29 is 23.8 Å². The van der Waals surface area contributed by atoms with Crippen molar-refractivity contribution in [2.75, 3.05) is 21.3 Å². The molecule has 2 aromatic rings. The molecule has 0 N–H and O–H groups in total. The molecule has 0 spiro atoms. The van der Waals surface area contributed by atoms with Gasteiger partial charge in [-0.15, -0.1) is 0 Å². The molecule has 3 rings (SSSR count). The monoisotopic (exact) mass is 419 g/mol. The van der Waals surface area contributed by atoms with Crippen LogP contribution in [0.15, 0.2) is 41.3 Å². The molecular weight excluding hydrogens is 402 g/mol. The zero-order valence-corrected chi connectivity index (χ0v) is 17.1. The number of rotatable bonds is 6. The van der Waals surface area contributed by atoms with Gasteiger partial charge < -0.3 is 14.2 Å². The van der Waals surface area contributed by atoms with E-state index < -0.39 is 0 Å². The van der Waals surface area contributed by atoms with Gasteiger partial charge in [0, 0.05) is 5.02 Å². The maximum Gasteiger partial charge on any atom is 0.293 e. The SMILES string of the molecule is COc1cc(C=C2SC(=O)N(Cc3ccc(Cl)cc3)C2=O)cc(OC)c1OC. The van der Waals surface area contributed by atoms with E-state index in [0.29, 0.717) is 32.7 Å². The molecule has 1 heterocycles. The zero-order chi connectivity index (χ0) is 20.3. The summed E-state index contributed by atoms with van der Waals surface area (Å²) in [6.07, 6.45) is 1.64. The highest BCUT2D eigenvalue weighted by Crippen LogP contribution is 2.40. The number of imide groups is 1. The summed E-state index contributed by atoms with van der Waals surface area (Å²) in [5.41, 5.74) is 1.48. The summed E-state index contributed by atoms with van der Waals surface area (Å²) in [7, 11) is 4.55. The molecule has 146 valence electrons. The van der Waals surface area contributed by atoms with E-state index in [2.05, 4.69) is 0 Å². The second-order valence-corrected chi connectivity index (χ2v) is 7.28. The van der Waals surface area contributed by atoms with Crippen LogP contribution in [0.3, 0.4) is 0 Å². The number of nitrogens with zero attached hydrogens (tertiary/aromatic N) is 1. The molecule has 0 unspecified atom stereocenters. The fourth-order valence-corrected chi connectivity index (χ4v) is 3.71. The first-order valence-electron chi connectivity index (χ1n) is 8.26. The van der Waals surface area contributed by atoms with Gasteiger partial charge in [0.15, 0.2) is 11.5 Å². The van der Waals surface area contributed by atoms with Crippen LogP contribution < -0.4 is 14.2 Å². The number of hydrogen-bond donors (Lipinski definition) is 0. The second-order valence-electron chi connectivity index (χ2n) is 5.85. The third kappa shape index (κ3) is 4.10. The van der Waals surface area contributed by atoms with E-state index in [0.717, 1.165) is 17.3 Å². The van der Waals surface area contributed by atoms with Gasteiger partial charge in [0.1, 0.15) is 0 Å². The fraction of sp³-hybridized carbons (Fsp3) is 0.200. The fourth-order valence-electron chi connectivity index (χ4n) is 2.74. The Morgan fingerprint density at radius 3 is 2.14 bits per heavy atom. The van der Waals surface area contributed by atoms with E-state index in [1.165, 1.54) is 26.2 Å². The van der Waals surface area contributed by atoms with Gasteiger partial charge in [0.2, 0.25) is 5.75 Å². The molecule has 28 heavy (non-hydrogen) atoms. The Kier molecular flexibility index (Phi) is 6.16. The molecule has 2 amide bonds. The van der Waals surface area contributed by atoms with Crippen molar-refractivity contribution in [3.8, 4) is 17.2 Å². The van der Waals surface area contributed by atoms with Crippen molar-refractivity contribution in [2.24, 2.45) is 0 Å². The molecule has 1 aliphatic rings. The number of halogens is 1. The van der Waals surface area contributed by atoms with E-state index in [-0.39, 0.29) is 17.7 Å². The van der Waals surface area contributed by atoms with E-state index in [1.54, 1.807) is 42.5 Å². The number of hydrogen-bond acceptors (Lipinski definition) is 6. The Morgan fingerprint density at radius 1 is 1.00 bits per heavy atom. The van der Waals surface area contributed by atoms with Gasteiger partial charge in [-0.3, -0.25) is 14.5 Å². The lowest BCUT2D eigenvalue weighted by Gasteiger charge is -2.13. The lowest BCUT2D eigenvalue weighted by Crippen LogP contribution is -2.27. The van der Waals surface area contributed by atoms with Crippen LogP contribution in [0.1, 0.15) is 11.1 Å². The molecule has 8 heteroatoms. The standard InChI is InChI=1S/C20H18ClNO5S/c1-25-15-8-13(9-16(26-2)18(15)27-3)10-17-19(23)22(20(24)28-17)11-12-4-6-14(21)7-5-12/h4-10H,11H2,1-3H3. The van der Waals surface area contributed by atoms with Crippen LogP contribution in [0.5, 0.6) is 17.2 Å². The molecule has 0 aliphatic carbocycles. The molecule has 1 aliphatic heterocycles. The van der Waals surface area contributed by atoms with Gasteiger partial charge >= 0.3 is 0 Å². The van der Waals surface area contributed by atoms with Gasteiger partial charge in [-0.1, -0.05) is 23.7 Å². The lowest BCUT2D eigenvalue weighted by molar-refractivity contribution is -0.123. The number of thioether (sulfide) groups is 1. The maximum atomic E-state index is 12.7. The summed E-state index contributed by atoms with van der Waals surface area (Å²) in [6.45, 7) is 0.189. The molecule has 0 atom stereocenters. The van der Waals surface area contributed by atoms with Crippen LogP contribution in [0, 0.1) is 0 Å². The van der Waals surface area contributed by atoms with Crippen molar-refractivity contribution in [1.29, 1.82) is 0 Å². The topological polar surface area (TPSA) is 65.1 Å². The number of benzene rings is 2. The molecule has 2 aromatic carbocycles. The first kappa shape index (κ1) is 20.1. The third-order valence-electron chi connectivity index (χ3n) is 4.11. The summed E-state index contributed by atoms with van der Waals surface area (Å²) < 4.78 is 16.0. The summed E-state index contributed by atoms with van der Waals surface area (Å²) in [4.78, 5) is 26.6. The van der Waals surface area contributed by atoms with E-state index >= 15 is 0 Å². The third-order valence-corrected chi connectivity index (χ3v) is 5.27. The van der Waals surface area contributed by atoms with Crippen molar-refractivity contribution in [2.45, 2.75) is 6.54 Å². The lowest BCUT2D eigenvalue weighted by atomic mass is 10.1. The van der Waals surface area contributed by atoms with Crippen LogP contribution in [-0.2, 0) is 11.3 Å². The van der Waals surface area contributed by atoms with Crippen molar-refractivity contribution in [3.63, 3.8) is 0 Å². The predicted octanol–water partition coefficient (Wildman–Crippen LogP) is 4.60. The highest BCUT2D eigenvalue weighted by molar-refractivity contribution is 8.18. The molecule has 0 aromatic heterocycles. The van der Waals surface area contributed by atoms with E-state index in [1.807, 2.05) is 0 Å². The van der Waals surface area contributed by atoms with Crippen LogP contribution in [0.25, 0.3) is 6.08 Å². The van der Waals surface area contributed by atoms with Crippen LogP contribution in [0.2, 0.25) is 5.02 Å².